The maximum Gasteiger partial charge on any atom is 0.294 e. The van der Waals surface area contributed by atoms with E-state index in [0.717, 1.165) is 12.1 Å². The molecule has 0 aliphatic carbocycles. The van der Waals surface area contributed by atoms with Crippen LogP contribution in [-0.4, -0.2) is 52.4 Å². The van der Waals surface area contributed by atoms with Gasteiger partial charge in [0.2, 0.25) is 15.7 Å². The number of nitrogens with one attached hydrogen (secondary N) is 1. The van der Waals surface area contributed by atoms with Gasteiger partial charge in [0, 0.05) is 17.5 Å². The highest BCUT2D eigenvalue weighted by Crippen LogP contribution is 2.45. The summed E-state index contributed by atoms with van der Waals surface area (Å²) in [6.45, 7) is 6.84. The van der Waals surface area contributed by atoms with Crippen LogP contribution in [0.15, 0.2) is 39.0 Å². The molecule has 0 bridgehead atoms. The summed E-state index contributed by atoms with van der Waals surface area (Å²) >= 11 is 0. The van der Waals surface area contributed by atoms with Gasteiger partial charge in [0.15, 0.2) is 0 Å². The smallest absolute Gasteiger partial charge is 0.286 e. The molecule has 0 spiro atoms. The van der Waals surface area contributed by atoms with E-state index in [0.29, 0.717) is 17.0 Å². The van der Waals surface area contributed by atoms with Gasteiger partial charge in [-0.1, -0.05) is 6.07 Å². The molecule has 0 amide bonds. The lowest BCUT2D eigenvalue weighted by molar-refractivity contribution is 0.480. The Balaban J connectivity index is 2.29. The zero-order chi connectivity index (χ0) is 22.7. The average molecular weight is 476 g/mol. The van der Waals surface area contributed by atoms with Crippen molar-refractivity contribution in [1.29, 1.82) is 0 Å². The van der Waals surface area contributed by atoms with E-state index >= 15 is 0 Å². The molecular weight excluding hydrogens is 456 g/mol. The van der Waals surface area contributed by atoms with Gasteiger partial charge >= 0.3 is 0 Å². The van der Waals surface area contributed by atoms with Crippen molar-refractivity contribution in [2.24, 2.45) is 4.99 Å². The summed E-state index contributed by atoms with van der Waals surface area (Å²) in [5.74, 6) is -0.872. The Bertz CT molecular complexity index is 1410. The van der Waals surface area contributed by atoms with Crippen LogP contribution in [0.4, 0.5) is 5.69 Å². The van der Waals surface area contributed by atoms with Crippen LogP contribution in [0.3, 0.4) is 0 Å². The second-order valence-electron chi connectivity index (χ2n) is 7.32. The molecule has 2 aromatic rings. The van der Waals surface area contributed by atoms with Crippen molar-refractivity contribution in [2.75, 3.05) is 12.3 Å². The summed E-state index contributed by atoms with van der Waals surface area (Å²) in [7, 11) is -13.6. The van der Waals surface area contributed by atoms with Crippen LogP contribution in [0.2, 0.25) is 0 Å². The van der Waals surface area contributed by atoms with E-state index in [4.69, 9.17) is 4.55 Å². The Morgan fingerprint density at radius 3 is 2.23 bits per heavy atom. The third-order valence-corrected chi connectivity index (χ3v) is 7.94. The standard InChI is InChI=1S/C17H18N2O8S3/c1-10-17(2,3)16-13-8-11(30(25,26)27)9-15(12(13)4-5-14(16)19-10)29(23,24)18-6-7-28(20,21)22/h4-5,8-9,18H,1,6-7H2,2-3H3,(H-,20,21,22,25,26,27)/p+1. The summed E-state index contributed by atoms with van der Waals surface area (Å²) in [5.41, 5.74) is 0.807. The van der Waals surface area contributed by atoms with Gasteiger partial charge in [0.25, 0.3) is 20.2 Å². The monoisotopic (exact) mass is 475 g/mol. The highest BCUT2D eigenvalue weighted by molar-refractivity contribution is 7.90. The Hall–Kier alpha value is -2.03. The third-order valence-electron chi connectivity index (χ3n) is 4.89. The molecule has 3 N–H and O–H groups in total. The third kappa shape index (κ3) is 4.08. The molecule has 1 aliphatic rings. The topological polar surface area (TPSA) is 167 Å². The van der Waals surface area contributed by atoms with Crippen molar-refractivity contribution in [3.63, 3.8) is 0 Å². The molecule has 0 saturated heterocycles. The second-order valence-corrected chi connectivity index (χ2v) is 12.0. The molecule has 0 radical (unpaired) electrons. The predicted molar refractivity (Wildman–Crippen MR) is 111 cm³/mol. The number of rotatable bonds is 6. The largest absolute Gasteiger partial charge is 0.294 e. The second kappa shape index (κ2) is 7.00. The van der Waals surface area contributed by atoms with Crippen molar-refractivity contribution in [3.05, 3.63) is 36.8 Å². The Morgan fingerprint density at radius 2 is 1.67 bits per heavy atom. The van der Waals surface area contributed by atoms with Crippen molar-refractivity contribution in [2.45, 2.75) is 29.1 Å². The normalized spacial score (nSPS) is 16.5. The lowest BCUT2D eigenvalue weighted by atomic mass is 9.80. The first-order chi connectivity index (χ1) is 13.5. The highest BCUT2D eigenvalue weighted by Gasteiger charge is 2.39. The van der Waals surface area contributed by atoms with Crippen molar-refractivity contribution in [1.82, 2.24) is 4.72 Å². The van der Waals surface area contributed by atoms with Crippen LogP contribution < -0.4 is 4.72 Å². The molecule has 1 aliphatic heterocycles. The molecule has 3 rings (SSSR count). The fraction of sp³-hybridized carbons (Fsp3) is 0.294. The highest BCUT2D eigenvalue weighted by atomic mass is 32.2. The Kier molecular flexibility index (Phi) is 5.29. The molecule has 0 saturated carbocycles. The lowest BCUT2D eigenvalue weighted by Gasteiger charge is -2.20. The van der Waals surface area contributed by atoms with Crippen molar-refractivity contribution in [3.8, 4) is 0 Å². The minimum Gasteiger partial charge on any atom is -0.286 e. The van der Waals surface area contributed by atoms with Gasteiger partial charge in [-0.15, -0.1) is 0 Å². The van der Waals surface area contributed by atoms with Gasteiger partial charge in [-0.3, -0.25) is 9.11 Å². The maximum atomic E-state index is 12.8. The molecule has 1 heterocycles. The predicted octanol–water partition coefficient (Wildman–Crippen LogP) is 1.45. The first-order valence-corrected chi connectivity index (χ1v) is 13.0. The van der Waals surface area contributed by atoms with Gasteiger partial charge in [-0.2, -0.15) is 16.8 Å². The Labute approximate surface area is 174 Å². The van der Waals surface area contributed by atoms with Crippen LogP contribution in [0, 0.1) is 6.92 Å². The zero-order valence-corrected chi connectivity index (χ0v) is 18.4. The number of hydrogen-bond acceptors (Lipinski definition) is 7. The van der Waals surface area contributed by atoms with Crippen LogP contribution in [0.1, 0.15) is 19.4 Å². The Morgan fingerprint density at radius 1 is 1.03 bits per heavy atom. The molecule has 30 heavy (non-hydrogen) atoms. The number of aliphatic imine (C=N–C) groups is 1. The van der Waals surface area contributed by atoms with Gasteiger partial charge in [0.1, 0.15) is 6.92 Å². The van der Waals surface area contributed by atoms with E-state index in [-0.39, 0.29) is 10.8 Å². The molecule has 0 atom stereocenters. The van der Waals surface area contributed by atoms with Gasteiger partial charge in [-0.25, -0.2) is 18.1 Å². The van der Waals surface area contributed by atoms with Crippen molar-refractivity contribution < 1.29 is 34.4 Å². The molecule has 10 nitrogen and oxygen atoms in total. The number of nitrogens with zero attached hydrogens (tertiary/aromatic N) is 1. The molecule has 2 aromatic carbocycles. The fourth-order valence-corrected chi connectivity index (χ4v) is 5.67. The van der Waals surface area contributed by atoms with E-state index in [1.807, 2.05) is 4.72 Å². The van der Waals surface area contributed by atoms with Crippen LogP contribution in [0.5, 0.6) is 0 Å². The van der Waals surface area contributed by atoms with Crippen LogP contribution in [-0.2, 0) is 35.7 Å². The fourth-order valence-electron chi connectivity index (χ4n) is 3.30. The zero-order valence-electron chi connectivity index (χ0n) is 15.9. The first kappa shape index (κ1) is 22.7. The maximum absolute atomic E-state index is 12.8. The van der Waals surface area contributed by atoms with Gasteiger partial charge < -0.3 is 0 Å². The minimum absolute atomic E-state index is 0.151. The number of sulfonamides is 1. The van der Waals surface area contributed by atoms with E-state index in [1.165, 1.54) is 6.07 Å². The SMILES string of the molecule is [CH2+]C1=Nc2ccc3c(S(=O)(=O)NCCS(=O)(=O)O)cc(S(=O)(=O)O)cc3c2C1(C)C. The lowest BCUT2D eigenvalue weighted by Crippen LogP contribution is -2.29. The minimum atomic E-state index is -4.77. The van der Waals surface area contributed by atoms with E-state index in [2.05, 4.69) is 11.9 Å². The molecule has 0 fully saturated rings. The van der Waals surface area contributed by atoms with Gasteiger partial charge in [0.05, 0.1) is 26.6 Å². The quantitative estimate of drug-likeness (QED) is 0.417. The summed E-state index contributed by atoms with van der Waals surface area (Å²) in [5, 5.41) is 0.392. The van der Waals surface area contributed by atoms with E-state index < -0.39 is 57.8 Å². The molecular formula is C17H19N2O8S3+. The summed E-state index contributed by atoms with van der Waals surface area (Å²) in [6.07, 6.45) is 0. The average Bonchev–Trinajstić information content (AvgIpc) is 2.81. The first-order valence-electron chi connectivity index (χ1n) is 8.49. The summed E-state index contributed by atoms with van der Waals surface area (Å²) in [4.78, 5) is 3.23. The number of hydrogen-bond donors (Lipinski definition) is 3. The molecule has 0 unspecified atom stereocenters. The molecule has 0 aromatic heterocycles. The van der Waals surface area contributed by atoms with Crippen LogP contribution in [0.25, 0.3) is 10.8 Å². The van der Waals surface area contributed by atoms with E-state index in [9.17, 15) is 29.8 Å². The molecule has 162 valence electrons. The number of benzene rings is 2. The number of fused-ring (bicyclic) bond motifs is 3. The van der Waals surface area contributed by atoms with Crippen LogP contribution >= 0.6 is 0 Å². The van der Waals surface area contributed by atoms with E-state index in [1.54, 1.807) is 19.9 Å². The summed E-state index contributed by atoms with van der Waals surface area (Å²) in [6, 6.07) is 4.96. The molecule has 13 heteroatoms. The summed E-state index contributed by atoms with van der Waals surface area (Å²) < 4.78 is 91.4. The van der Waals surface area contributed by atoms with Gasteiger partial charge in [-0.05, 0) is 37.4 Å². The van der Waals surface area contributed by atoms with Crippen molar-refractivity contribution >= 4 is 52.4 Å².